The number of carbonyl (C=O) groups is 2. The molecule has 0 aliphatic heterocycles. The zero-order chi connectivity index (χ0) is 16.0. The fourth-order valence-electron chi connectivity index (χ4n) is 1.34. The minimum Gasteiger partial charge on any atom is -0.481 e. The van der Waals surface area contributed by atoms with Crippen LogP contribution in [0.25, 0.3) is 0 Å². The van der Waals surface area contributed by atoms with Gasteiger partial charge in [-0.25, -0.2) is 4.79 Å². The molecule has 1 amide bonds. The number of nitrogens with zero attached hydrogens (tertiary/aromatic N) is 1. The van der Waals surface area contributed by atoms with Crippen LogP contribution in [0.1, 0.15) is 19.4 Å². The first-order valence-corrected chi connectivity index (χ1v) is 6.16. The molecule has 0 spiro atoms. The van der Waals surface area contributed by atoms with Gasteiger partial charge in [0.25, 0.3) is 5.91 Å². The molecule has 0 saturated carbocycles. The molecular formula is C14H16N2O5. The number of hydrogen-bond acceptors (Lipinski definition) is 5. The van der Waals surface area contributed by atoms with Gasteiger partial charge >= 0.3 is 5.97 Å². The lowest BCUT2D eigenvalue weighted by atomic mass is 10.1. The minimum absolute atomic E-state index is 0.404. The van der Waals surface area contributed by atoms with Crippen molar-refractivity contribution in [2.45, 2.75) is 25.6 Å². The summed E-state index contributed by atoms with van der Waals surface area (Å²) in [5.41, 5.74) is -1.57. The molecule has 0 aliphatic carbocycles. The van der Waals surface area contributed by atoms with Crippen molar-refractivity contribution in [1.29, 1.82) is 5.26 Å². The molecule has 7 nitrogen and oxygen atoms in total. The van der Waals surface area contributed by atoms with Crippen molar-refractivity contribution in [3.05, 3.63) is 29.8 Å². The molecule has 1 aromatic carbocycles. The molecular weight excluding hydrogens is 276 g/mol. The number of carboxylic acid groups (broad SMARTS) is 1. The predicted molar refractivity (Wildman–Crippen MR) is 72.5 cm³/mol. The third kappa shape index (κ3) is 4.78. The maximum Gasteiger partial charge on any atom is 0.337 e. The van der Waals surface area contributed by atoms with Crippen molar-refractivity contribution in [2.24, 2.45) is 0 Å². The Morgan fingerprint density at radius 1 is 1.43 bits per heavy atom. The number of hydrogen-bond donors (Lipinski definition) is 3. The van der Waals surface area contributed by atoms with Crippen LogP contribution in [-0.4, -0.2) is 40.3 Å². The fraction of sp³-hybridized carbons (Fsp3) is 0.357. The van der Waals surface area contributed by atoms with Gasteiger partial charge in [0.1, 0.15) is 5.75 Å². The maximum absolute atomic E-state index is 11.7. The zero-order valence-electron chi connectivity index (χ0n) is 11.7. The normalized spacial score (nSPS) is 14.4. The van der Waals surface area contributed by atoms with Gasteiger partial charge in [0.15, 0.2) is 11.7 Å². The lowest BCUT2D eigenvalue weighted by Crippen LogP contribution is -2.49. The molecule has 1 aromatic rings. The molecule has 0 radical (unpaired) electrons. The lowest BCUT2D eigenvalue weighted by Gasteiger charge is -2.20. The van der Waals surface area contributed by atoms with E-state index in [9.17, 15) is 14.7 Å². The third-order valence-corrected chi connectivity index (χ3v) is 2.73. The van der Waals surface area contributed by atoms with Gasteiger partial charge in [-0.05, 0) is 38.1 Å². The van der Waals surface area contributed by atoms with Crippen LogP contribution in [0, 0.1) is 11.3 Å². The van der Waals surface area contributed by atoms with Gasteiger partial charge in [-0.2, -0.15) is 5.26 Å². The van der Waals surface area contributed by atoms with Crippen LogP contribution in [0.3, 0.4) is 0 Å². The van der Waals surface area contributed by atoms with Crippen molar-refractivity contribution in [3.63, 3.8) is 0 Å². The third-order valence-electron chi connectivity index (χ3n) is 2.73. The number of ether oxygens (including phenoxy) is 1. The van der Waals surface area contributed by atoms with E-state index in [2.05, 4.69) is 5.32 Å². The minimum atomic E-state index is -2.04. The highest BCUT2D eigenvalue weighted by Gasteiger charge is 2.31. The Bertz CT molecular complexity index is 560. The molecule has 0 bridgehead atoms. The van der Waals surface area contributed by atoms with Crippen LogP contribution in [0.2, 0.25) is 0 Å². The Morgan fingerprint density at radius 2 is 2.00 bits per heavy atom. The van der Waals surface area contributed by atoms with E-state index >= 15 is 0 Å². The molecule has 0 saturated heterocycles. The second kappa shape index (κ2) is 6.72. The van der Waals surface area contributed by atoms with E-state index in [1.807, 2.05) is 6.07 Å². The highest BCUT2D eigenvalue weighted by molar-refractivity contribution is 5.82. The van der Waals surface area contributed by atoms with Gasteiger partial charge in [-0.15, -0.1) is 0 Å². The van der Waals surface area contributed by atoms with E-state index in [1.54, 1.807) is 24.3 Å². The van der Waals surface area contributed by atoms with E-state index in [0.717, 1.165) is 6.92 Å². The summed E-state index contributed by atoms with van der Waals surface area (Å²) in [6, 6.07) is 8.16. The summed E-state index contributed by atoms with van der Waals surface area (Å²) in [5.74, 6) is -1.58. The smallest absolute Gasteiger partial charge is 0.337 e. The number of aliphatic hydroxyl groups is 1. The molecule has 112 valence electrons. The number of aliphatic carboxylic acids is 1. The van der Waals surface area contributed by atoms with Gasteiger partial charge in [0.05, 0.1) is 18.2 Å². The van der Waals surface area contributed by atoms with E-state index < -0.39 is 30.1 Å². The molecule has 1 rings (SSSR count). The van der Waals surface area contributed by atoms with Crippen LogP contribution in [0.5, 0.6) is 5.75 Å². The van der Waals surface area contributed by atoms with Crippen molar-refractivity contribution in [2.75, 3.05) is 6.54 Å². The second-order valence-electron chi connectivity index (χ2n) is 4.69. The molecule has 0 aromatic heterocycles. The van der Waals surface area contributed by atoms with E-state index in [-0.39, 0.29) is 0 Å². The Morgan fingerprint density at radius 3 is 2.48 bits per heavy atom. The summed E-state index contributed by atoms with van der Waals surface area (Å²) >= 11 is 0. The van der Waals surface area contributed by atoms with Crippen LogP contribution < -0.4 is 10.1 Å². The van der Waals surface area contributed by atoms with Crippen molar-refractivity contribution < 1.29 is 24.5 Å². The molecule has 0 fully saturated rings. The monoisotopic (exact) mass is 292 g/mol. The van der Waals surface area contributed by atoms with Crippen molar-refractivity contribution in [3.8, 4) is 11.8 Å². The van der Waals surface area contributed by atoms with Gasteiger partial charge in [0, 0.05) is 0 Å². The summed E-state index contributed by atoms with van der Waals surface area (Å²) in [4.78, 5) is 22.4. The summed E-state index contributed by atoms with van der Waals surface area (Å²) in [5, 5.41) is 29.2. The van der Waals surface area contributed by atoms with Crippen LogP contribution in [0.4, 0.5) is 0 Å². The van der Waals surface area contributed by atoms with Gasteiger partial charge in [0.2, 0.25) is 0 Å². The fourth-order valence-corrected chi connectivity index (χ4v) is 1.34. The standard InChI is InChI=1S/C14H16N2O5/c1-9(12(17)16-8-14(2,20)13(18)19)21-11-5-3-10(7-15)4-6-11/h3-6,9,20H,8H2,1-2H3,(H,16,17)(H,18,19). The molecule has 7 heteroatoms. The molecule has 21 heavy (non-hydrogen) atoms. The topological polar surface area (TPSA) is 120 Å². The molecule has 3 N–H and O–H groups in total. The van der Waals surface area contributed by atoms with E-state index in [1.165, 1.54) is 6.92 Å². The van der Waals surface area contributed by atoms with Gasteiger partial charge in [-0.3, -0.25) is 4.79 Å². The first-order chi connectivity index (χ1) is 9.76. The summed E-state index contributed by atoms with van der Waals surface area (Å²) in [7, 11) is 0. The summed E-state index contributed by atoms with van der Waals surface area (Å²) in [6.45, 7) is 2.15. The number of amides is 1. The quantitative estimate of drug-likeness (QED) is 0.692. The van der Waals surface area contributed by atoms with E-state index in [0.29, 0.717) is 11.3 Å². The number of benzene rings is 1. The Labute approximate surface area is 121 Å². The van der Waals surface area contributed by atoms with Crippen LogP contribution >= 0.6 is 0 Å². The summed E-state index contributed by atoms with van der Waals surface area (Å²) < 4.78 is 5.35. The number of carboxylic acids is 1. The van der Waals surface area contributed by atoms with Crippen molar-refractivity contribution in [1.82, 2.24) is 5.32 Å². The molecule has 0 heterocycles. The maximum atomic E-state index is 11.7. The van der Waals surface area contributed by atoms with Crippen molar-refractivity contribution >= 4 is 11.9 Å². The number of rotatable bonds is 6. The number of carbonyl (C=O) groups excluding carboxylic acids is 1. The molecule has 2 atom stereocenters. The average molecular weight is 292 g/mol. The Balaban J connectivity index is 2.55. The zero-order valence-corrected chi connectivity index (χ0v) is 11.7. The number of nitrogens with one attached hydrogen (secondary N) is 1. The van der Waals surface area contributed by atoms with Gasteiger partial charge in [-0.1, -0.05) is 0 Å². The van der Waals surface area contributed by atoms with Crippen LogP contribution in [0.15, 0.2) is 24.3 Å². The molecule has 2 unspecified atom stereocenters. The van der Waals surface area contributed by atoms with E-state index in [4.69, 9.17) is 15.1 Å². The average Bonchev–Trinajstić information content (AvgIpc) is 2.45. The largest absolute Gasteiger partial charge is 0.481 e. The highest BCUT2D eigenvalue weighted by Crippen LogP contribution is 2.13. The number of nitriles is 1. The highest BCUT2D eigenvalue weighted by atomic mass is 16.5. The lowest BCUT2D eigenvalue weighted by molar-refractivity contribution is -0.156. The second-order valence-corrected chi connectivity index (χ2v) is 4.69. The first kappa shape index (κ1) is 16.5. The van der Waals surface area contributed by atoms with Gasteiger partial charge < -0.3 is 20.3 Å². The first-order valence-electron chi connectivity index (χ1n) is 6.16. The van der Waals surface area contributed by atoms with Crippen LogP contribution in [-0.2, 0) is 9.59 Å². The molecule has 0 aliphatic rings. The Kier molecular flexibility index (Phi) is 5.27. The Hall–Kier alpha value is -2.59. The predicted octanol–water partition coefficient (Wildman–Crippen LogP) is 0.277. The summed E-state index contributed by atoms with van der Waals surface area (Å²) in [6.07, 6.45) is -0.873. The SMILES string of the molecule is CC(Oc1ccc(C#N)cc1)C(=O)NCC(C)(O)C(=O)O.